The Hall–Kier alpha value is -1.43. The second-order valence-electron chi connectivity index (χ2n) is 5.61. The summed E-state index contributed by atoms with van der Waals surface area (Å²) >= 11 is 0. The van der Waals surface area contributed by atoms with Crippen molar-refractivity contribution in [2.75, 3.05) is 13.2 Å². The number of rotatable bonds is 5. The van der Waals surface area contributed by atoms with Gasteiger partial charge in [0.1, 0.15) is 5.82 Å². The molecule has 2 aromatic rings. The number of fused-ring (bicyclic) bond motifs is 1. The van der Waals surface area contributed by atoms with E-state index in [0.29, 0.717) is 5.92 Å². The third-order valence-corrected chi connectivity index (χ3v) is 4.19. The highest BCUT2D eigenvalue weighted by molar-refractivity contribution is 5.75. The second-order valence-corrected chi connectivity index (χ2v) is 5.61. The number of nitrogens with two attached hydrogens (primary N) is 1. The summed E-state index contributed by atoms with van der Waals surface area (Å²) in [7, 11) is 2.07. The largest absolute Gasteiger partial charge is 0.381 e. The zero-order valence-electron chi connectivity index (χ0n) is 11.9. The van der Waals surface area contributed by atoms with Gasteiger partial charge in [0, 0.05) is 32.7 Å². The SMILES string of the molecule is Cn1c(CC(CC2CCOC2)NN)nc2ccccc21. The molecule has 0 spiro atoms. The van der Waals surface area contributed by atoms with E-state index < -0.39 is 0 Å². The summed E-state index contributed by atoms with van der Waals surface area (Å²) in [5.41, 5.74) is 5.16. The predicted octanol–water partition coefficient (Wildman–Crippen LogP) is 1.37. The molecule has 5 heteroatoms. The zero-order valence-corrected chi connectivity index (χ0v) is 11.9. The molecule has 20 heavy (non-hydrogen) atoms. The fourth-order valence-electron chi connectivity index (χ4n) is 2.98. The lowest BCUT2D eigenvalue weighted by Gasteiger charge is -2.18. The van der Waals surface area contributed by atoms with Gasteiger partial charge in [0.15, 0.2) is 0 Å². The maximum atomic E-state index is 5.72. The topological polar surface area (TPSA) is 65.1 Å². The lowest BCUT2D eigenvalue weighted by Crippen LogP contribution is -2.39. The van der Waals surface area contributed by atoms with Crippen LogP contribution in [0.2, 0.25) is 0 Å². The molecule has 5 nitrogen and oxygen atoms in total. The van der Waals surface area contributed by atoms with E-state index in [1.165, 1.54) is 5.52 Å². The third-order valence-electron chi connectivity index (χ3n) is 4.19. The number of hydrogen-bond acceptors (Lipinski definition) is 4. The Bertz CT molecular complexity index is 574. The maximum absolute atomic E-state index is 5.72. The average Bonchev–Trinajstić information content (AvgIpc) is 3.08. The number of hydrogen-bond donors (Lipinski definition) is 2. The van der Waals surface area contributed by atoms with Gasteiger partial charge in [0.25, 0.3) is 0 Å². The number of hydrazine groups is 1. The molecule has 0 amide bonds. The lowest BCUT2D eigenvalue weighted by atomic mass is 9.97. The van der Waals surface area contributed by atoms with E-state index in [4.69, 9.17) is 15.6 Å². The highest BCUT2D eigenvalue weighted by Crippen LogP contribution is 2.21. The summed E-state index contributed by atoms with van der Waals surface area (Å²) < 4.78 is 7.59. The Kier molecular flexibility index (Phi) is 4.00. The van der Waals surface area contributed by atoms with Crippen molar-refractivity contribution in [3.05, 3.63) is 30.1 Å². The molecule has 1 saturated heterocycles. The fraction of sp³-hybridized carbons (Fsp3) is 0.533. The van der Waals surface area contributed by atoms with Crippen LogP contribution >= 0.6 is 0 Å². The highest BCUT2D eigenvalue weighted by atomic mass is 16.5. The molecular formula is C15H22N4O. The van der Waals surface area contributed by atoms with Crippen LogP contribution in [0.4, 0.5) is 0 Å². The zero-order chi connectivity index (χ0) is 13.9. The van der Waals surface area contributed by atoms with Gasteiger partial charge in [-0.25, -0.2) is 4.98 Å². The first-order valence-corrected chi connectivity index (χ1v) is 7.22. The van der Waals surface area contributed by atoms with E-state index in [0.717, 1.165) is 43.8 Å². The number of nitrogens with zero attached hydrogens (tertiary/aromatic N) is 2. The molecule has 1 aliphatic heterocycles. The quantitative estimate of drug-likeness (QED) is 0.638. The average molecular weight is 274 g/mol. The first kappa shape index (κ1) is 13.5. The molecule has 2 heterocycles. The van der Waals surface area contributed by atoms with Crippen molar-refractivity contribution in [1.29, 1.82) is 0 Å². The van der Waals surface area contributed by atoms with Crippen LogP contribution in [0.1, 0.15) is 18.7 Å². The molecule has 2 atom stereocenters. The summed E-state index contributed by atoms with van der Waals surface area (Å²) in [6.07, 6.45) is 3.03. The van der Waals surface area contributed by atoms with Crippen LogP contribution in [-0.2, 0) is 18.2 Å². The summed E-state index contributed by atoms with van der Waals surface area (Å²) in [6.45, 7) is 1.75. The standard InChI is InChI=1S/C15H22N4O/c1-19-14-5-3-2-4-13(14)17-15(19)9-12(18-16)8-11-6-7-20-10-11/h2-5,11-12,18H,6-10,16H2,1H3. The number of imidazole rings is 1. The van der Waals surface area contributed by atoms with E-state index in [2.05, 4.69) is 29.2 Å². The van der Waals surface area contributed by atoms with Crippen LogP contribution in [0.15, 0.2) is 24.3 Å². The van der Waals surface area contributed by atoms with Gasteiger partial charge in [-0.05, 0) is 30.9 Å². The Labute approximate surface area is 119 Å². The van der Waals surface area contributed by atoms with Crippen molar-refractivity contribution >= 4 is 11.0 Å². The van der Waals surface area contributed by atoms with Gasteiger partial charge < -0.3 is 9.30 Å². The minimum Gasteiger partial charge on any atom is -0.381 e. The minimum absolute atomic E-state index is 0.247. The van der Waals surface area contributed by atoms with Crippen molar-refractivity contribution in [2.45, 2.75) is 25.3 Å². The van der Waals surface area contributed by atoms with Crippen molar-refractivity contribution in [2.24, 2.45) is 18.8 Å². The molecule has 1 fully saturated rings. The molecule has 1 aromatic carbocycles. The Morgan fingerprint density at radius 2 is 2.35 bits per heavy atom. The van der Waals surface area contributed by atoms with Crippen LogP contribution in [0.5, 0.6) is 0 Å². The fourth-order valence-corrected chi connectivity index (χ4v) is 2.98. The molecule has 1 aromatic heterocycles. The third kappa shape index (κ3) is 2.70. The van der Waals surface area contributed by atoms with E-state index in [1.807, 2.05) is 12.1 Å². The number of nitrogens with one attached hydrogen (secondary N) is 1. The molecule has 0 radical (unpaired) electrons. The van der Waals surface area contributed by atoms with Crippen LogP contribution in [0, 0.1) is 5.92 Å². The molecule has 108 valence electrons. The smallest absolute Gasteiger partial charge is 0.111 e. The van der Waals surface area contributed by atoms with Gasteiger partial charge in [0.2, 0.25) is 0 Å². The summed E-state index contributed by atoms with van der Waals surface area (Å²) in [6, 6.07) is 8.46. The molecule has 0 bridgehead atoms. The first-order valence-electron chi connectivity index (χ1n) is 7.22. The van der Waals surface area contributed by atoms with Gasteiger partial charge in [-0.2, -0.15) is 0 Å². The summed E-state index contributed by atoms with van der Waals surface area (Å²) in [4.78, 5) is 4.71. The minimum atomic E-state index is 0.247. The highest BCUT2D eigenvalue weighted by Gasteiger charge is 2.21. The number of ether oxygens (including phenoxy) is 1. The van der Waals surface area contributed by atoms with Gasteiger partial charge >= 0.3 is 0 Å². The van der Waals surface area contributed by atoms with Gasteiger partial charge in [-0.3, -0.25) is 11.3 Å². The van der Waals surface area contributed by atoms with Gasteiger partial charge in [-0.15, -0.1) is 0 Å². The normalized spacial score (nSPS) is 20.6. The summed E-state index contributed by atoms with van der Waals surface area (Å²) in [5.74, 6) is 7.41. The van der Waals surface area contributed by atoms with Crippen molar-refractivity contribution in [1.82, 2.24) is 15.0 Å². The van der Waals surface area contributed by atoms with Crippen LogP contribution in [0.3, 0.4) is 0 Å². The lowest BCUT2D eigenvalue weighted by molar-refractivity contribution is 0.181. The monoisotopic (exact) mass is 274 g/mol. The Morgan fingerprint density at radius 1 is 1.50 bits per heavy atom. The number of benzene rings is 1. The van der Waals surface area contributed by atoms with Crippen molar-refractivity contribution in [3.8, 4) is 0 Å². The molecule has 3 N–H and O–H groups in total. The predicted molar refractivity (Wildman–Crippen MR) is 79.1 cm³/mol. The first-order chi connectivity index (χ1) is 9.78. The van der Waals surface area contributed by atoms with E-state index in [9.17, 15) is 0 Å². The van der Waals surface area contributed by atoms with Crippen LogP contribution in [-0.4, -0.2) is 28.8 Å². The molecule has 0 aliphatic carbocycles. The number of para-hydroxylation sites is 2. The van der Waals surface area contributed by atoms with E-state index >= 15 is 0 Å². The summed E-state index contributed by atoms with van der Waals surface area (Å²) in [5, 5.41) is 0. The maximum Gasteiger partial charge on any atom is 0.111 e. The number of aromatic nitrogens is 2. The molecule has 3 rings (SSSR count). The van der Waals surface area contributed by atoms with E-state index in [1.54, 1.807) is 0 Å². The Morgan fingerprint density at radius 3 is 3.05 bits per heavy atom. The second kappa shape index (κ2) is 5.91. The van der Waals surface area contributed by atoms with Gasteiger partial charge in [-0.1, -0.05) is 12.1 Å². The molecular weight excluding hydrogens is 252 g/mol. The van der Waals surface area contributed by atoms with E-state index in [-0.39, 0.29) is 6.04 Å². The number of aryl methyl sites for hydroxylation is 1. The molecule has 2 unspecified atom stereocenters. The van der Waals surface area contributed by atoms with Gasteiger partial charge in [0.05, 0.1) is 11.0 Å². The Balaban J connectivity index is 1.74. The van der Waals surface area contributed by atoms with Crippen LogP contribution in [0.25, 0.3) is 11.0 Å². The van der Waals surface area contributed by atoms with Crippen LogP contribution < -0.4 is 11.3 Å². The molecule has 1 aliphatic rings. The van der Waals surface area contributed by atoms with Crippen molar-refractivity contribution < 1.29 is 4.74 Å². The van der Waals surface area contributed by atoms with Crippen molar-refractivity contribution in [3.63, 3.8) is 0 Å². The molecule has 0 saturated carbocycles.